The van der Waals surface area contributed by atoms with Crippen LogP contribution in [0.25, 0.3) is 0 Å². The van der Waals surface area contributed by atoms with E-state index in [0.717, 1.165) is 18.4 Å². The largest absolute Gasteiger partial charge is 0.366 e. The topological polar surface area (TPSA) is 71.3 Å². The molecule has 7 nitrogen and oxygen atoms in total. The minimum atomic E-state index is -3.73. The van der Waals surface area contributed by atoms with Crippen molar-refractivity contribution < 1.29 is 17.2 Å². The fraction of sp³-hybridized carbons (Fsp3) is 0.462. The number of halogens is 2. The quantitative estimate of drug-likeness (QED) is 0.504. The van der Waals surface area contributed by atoms with Crippen LogP contribution >= 0.6 is 0 Å². The van der Waals surface area contributed by atoms with Crippen LogP contribution in [0.2, 0.25) is 0 Å². The summed E-state index contributed by atoms with van der Waals surface area (Å²) in [5, 5.41) is 7.10. The second-order valence-corrected chi connectivity index (χ2v) is 12.4. The molecule has 5 atom stereocenters. The van der Waals surface area contributed by atoms with Crippen molar-refractivity contribution in [1.82, 2.24) is 19.1 Å². The highest BCUT2D eigenvalue weighted by Gasteiger charge is 2.46. The van der Waals surface area contributed by atoms with Crippen molar-refractivity contribution in [3.63, 3.8) is 0 Å². The van der Waals surface area contributed by atoms with E-state index in [1.165, 1.54) is 16.4 Å². The first-order valence-electron chi connectivity index (χ1n) is 12.5. The fourth-order valence-corrected chi connectivity index (χ4v) is 8.59. The number of piperidine rings is 1. The smallest absolute Gasteiger partial charge is 0.221 e. The molecule has 6 rings (SSSR count). The molecule has 2 saturated heterocycles. The molecule has 0 unspecified atom stereocenters. The average Bonchev–Trinajstić information content (AvgIpc) is 3.61. The highest BCUT2D eigenvalue weighted by Crippen LogP contribution is 2.47. The molecule has 2 bridgehead atoms. The van der Waals surface area contributed by atoms with Gasteiger partial charge in [0.25, 0.3) is 0 Å². The zero-order chi connectivity index (χ0) is 25.0. The van der Waals surface area contributed by atoms with Crippen LogP contribution in [0.5, 0.6) is 0 Å². The van der Waals surface area contributed by atoms with Crippen molar-refractivity contribution in [1.29, 1.82) is 0 Å². The molecule has 0 spiro atoms. The van der Waals surface area contributed by atoms with Crippen LogP contribution in [0, 0.1) is 17.6 Å². The van der Waals surface area contributed by atoms with E-state index in [2.05, 4.69) is 10.2 Å². The molecular formula is C26H29F2N5O2S. The number of hydrogen-bond acceptors (Lipinski definition) is 5. The summed E-state index contributed by atoms with van der Waals surface area (Å²) in [4.78, 5) is 1.96. The molecule has 0 amide bonds. The molecule has 3 aromatic rings. The third kappa shape index (κ3) is 3.91. The maximum Gasteiger partial charge on any atom is 0.221 e. The third-order valence-electron chi connectivity index (χ3n) is 8.27. The van der Waals surface area contributed by atoms with Crippen LogP contribution < -0.4 is 4.90 Å². The molecule has 1 aromatic heterocycles. The number of nitrogens with zero attached hydrogens (tertiary/aromatic N) is 5. The van der Waals surface area contributed by atoms with Gasteiger partial charge in [0.15, 0.2) is 0 Å². The summed E-state index contributed by atoms with van der Waals surface area (Å²) >= 11 is 0. The van der Waals surface area contributed by atoms with Gasteiger partial charge in [0.05, 0.1) is 5.69 Å². The monoisotopic (exact) mass is 513 g/mol. The molecule has 2 aromatic carbocycles. The number of fused-ring (bicyclic) bond motifs is 2. The lowest BCUT2D eigenvalue weighted by Gasteiger charge is -2.38. The number of rotatable bonds is 5. The van der Waals surface area contributed by atoms with Crippen LogP contribution in [0.1, 0.15) is 55.0 Å². The SMILES string of the molecule is C[C@H]1CC[C@H](c2ccccc2)S(=O)(=O)N1Cc1cc(F)c(N2C[C@H]3C[C@@H]2C[C@H]3n2cnnc2)cc1F. The summed E-state index contributed by atoms with van der Waals surface area (Å²) in [6, 6.07) is 11.6. The highest BCUT2D eigenvalue weighted by molar-refractivity contribution is 7.89. The van der Waals surface area contributed by atoms with Gasteiger partial charge in [-0.1, -0.05) is 30.3 Å². The lowest BCUT2D eigenvalue weighted by Crippen LogP contribution is -2.45. The molecule has 1 aliphatic carbocycles. The van der Waals surface area contributed by atoms with Crippen LogP contribution in [0.15, 0.2) is 55.1 Å². The van der Waals surface area contributed by atoms with E-state index in [0.29, 0.717) is 25.3 Å². The normalized spacial score (nSPS) is 29.6. The van der Waals surface area contributed by atoms with Gasteiger partial charge in [-0.25, -0.2) is 17.2 Å². The Hall–Kier alpha value is -2.85. The number of hydrogen-bond donors (Lipinski definition) is 0. The van der Waals surface area contributed by atoms with Crippen molar-refractivity contribution >= 4 is 15.7 Å². The van der Waals surface area contributed by atoms with Gasteiger partial charge in [0.2, 0.25) is 10.0 Å². The molecule has 2 aliphatic heterocycles. The highest BCUT2D eigenvalue weighted by atomic mass is 32.2. The van der Waals surface area contributed by atoms with Crippen LogP contribution in [0.4, 0.5) is 14.5 Å². The molecule has 10 heteroatoms. The standard InChI is InChI=1S/C26H29F2N5O2S/c1-17-7-8-26(18-5-3-2-4-6-18)36(34,35)33(17)14-19-10-23(28)25(12-22(19)27)32-13-20-9-21(32)11-24(20)31-15-29-30-16-31/h2-6,10,12,15-17,20-21,24,26H,7-9,11,13-14H2,1H3/t17-,20+,21+,24+,26+/m0/s1. The van der Waals surface area contributed by atoms with Gasteiger partial charge in [-0.3, -0.25) is 0 Å². The fourth-order valence-electron chi connectivity index (χ4n) is 6.41. The second-order valence-electron chi connectivity index (χ2n) is 10.3. The van der Waals surface area contributed by atoms with E-state index in [1.807, 2.05) is 46.7 Å². The molecule has 3 aliphatic rings. The van der Waals surface area contributed by atoms with Crippen molar-refractivity contribution in [2.24, 2.45) is 5.92 Å². The Bertz CT molecular complexity index is 1350. The number of aromatic nitrogens is 3. The summed E-state index contributed by atoms with van der Waals surface area (Å²) in [6.45, 7) is 2.28. The van der Waals surface area contributed by atoms with E-state index in [9.17, 15) is 8.42 Å². The van der Waals surface area contributed by atoms with E-state index < -0.39 is 26.9 Å². The minimum Gasteiger partial charge on any atom is -0.366 e. The Kier molecular flexibility index (Phi) is 5.83. The maximum atomic E-state index is 15.4. The van der Waals surface area contributed by atoms with E-state index in [4.69, 9.17) is 0 Å². The summed E-state index contributed by atoms with van der Waals surface area (Å²) in [6.07, 6.45) is 6.33. The summed E-state index contributed by atoms with van der Waals surface area (Å²) in [7, 11) is -3.73. The minimum absolute atomic E-state index is 0.0621. The Morgan fingerprint density at radius 2 is 1.75 bits per heavy atom. The van der Waals surface area contributed by atoms with Crippen LogP contribution in [-0.2, 0) is 16.6 Å². The molecular weight excluding hydrogens is 484 g/mol. The van der Waals surface area contributed by atoms with Gasteiger partial charge in [-0.2, -0.15) is 4.31 Å². The van der Waals surface area contributed by atoms with E-state index in [-0.39, 0.29) is 35.9 Å². The Morgan fingerprint density at radius 1 is 1.00 bits per heavy atom. The van der Waals surface area contributed by atoms with Gasteiger partial charge < -0.3 is 9.47 Å². The number of benzene rings is 2. The first-order valence-corrected chi connectivity index (χ1v) is 14.0. The molecule has 36 heavy (non-hydrogen) atoms. The zero-order valence-corrected chi connectivity index (χ0v) is 20.9. The van der Waals surface area contributed by atoms with E-state index >= 15 is 8.78 Å². The predicted octanol–water partition coefficient (Wildman–Crippen LogP) is 4.45. The molecule has 0 N–H and O–H groups in total. The Balaban J connectivity index is 1.23. The first-order chi connectivity index (χ1) is 17.3. The average molecular weight is 514 g/mol. The molecule has 190 valence electrons. The third-order valence-corrected chi connectivity index (χ3v) is 10.6. The van der Waals surface area contributed by atoms with Crippen molar-refractivity contribution in [3.05, 3.63) is 77.9 Å². The van der Waals surface area contributed by atoms with Gasteiger partial charge >= 0.3 is 0 Å². The number of anilines is 1. The lowest BCUT2D eigenvalue weighted by atomic mass is 10.0. The Labute approximate surface area is 209 Å². The maximum absolute atomic E-state index is 15.4. The van der Waals surface area contributed by atoms with Gasteiger partial charge in [0, 0.05) is 42.8 Å². The van der Waals surface area contributed by atoms with Crippen molar-refractivity contribution in [3.8, 4) is 0 Å². The zero-order valence-electron chi connectivity index (χ0n) is 20.0. The van der Waals surface area contributed by atoms with Crippen molar-refractivity contribution in [2.45, 2.75) is 62.5 Å². The summed E-state index contributed by atoms with van der Waals surface area (Å²) < 4.78 is 61.1. The number of sulfonamides is 1. The van der Waals surface area contributed by atoms with E-state index in [1.54, 1.807) is 12.7 Å². The van der Waals surface area contributed by atoms with Crippen LogP contribution in [-0.4, -0.2) is 46.1 Å². The Morgan fingerprint density at radius 3 is 2.44 bits per heavy atom. The second kappa shape index (κ2) is 8.92. The lowest BCUT2D eigenvalue weighted by molar-refractivity contribution is 0.278. The summed E-state index contributed by atoms with van der Waals surface area (Å²) in [5.74, 6) is -0.766. The van der Waals surface area contributed by atoms with Crippen LogP contribution in [0.3, 0.4) is 0 Å². The molecule has 3 heterocycles. The molecule has 1 saturated carbocycles. The van der Waals surface area contributed by atoms with Crippen molar-refractivity contribution in [2.75, 3.05) is 11.4 Å². The first kappa shape index (κ1) is 23.5. The predicted molar refractivity (Wildman–Crippen MR) is 132 cm³/mol. The molecule has 3 fully saturated rings. The van der Waals surface area contributed by atoms with Gasteiger partial charge in [0.1, 0.15) is 29.5 Å². The van der Waals surface area contributed by atoms with Gasteiger partial charge in [-0.05, 0) is 50.2 Å². The molecule has 0 radical (unpaired) electrons. The summed E-state index contributed by atoms with van der Waals surface area (Å²) in [5.41, 5.74) is 1.04. The van der Waals surface area contributed by atoms with Gasteiger partial charge in [-0.15, -0.1) is 10.2 Å².